The Kier molecular flexibility index (Phi) is 4.68. The maximum atomic E-state index is 14.4. The Morgan fingerprint density at radius 3 is 2.52 bits per heavy atom. The van der Waals surface area contributed by atoms with Gasteiger partial charge in [0, 0.05) is 26.7 Å². The van der Waals surface area contributed by atoms with Crippen LogP contribution in [0.2, 0.25) is 0 Å². The van der Waals surface area contributed by atoms with Crippen LogP contribution in [0.4, 0.5) is 26.4 Å². The van der Waals surface area contributed by atoms with Gasteiger partial charge in [0.2, 0.25) is 0 Å². The maximum absolute atomic E-state index is 14.4. The molecule has 0 bridgehead atoms. The lowest BCUT2D eigenvalue weighted by atomic mass is 10.0. The molecule has 5 nitrogen and oxygen atoms in total. The molecule has 4 N–H and O–H groups in total. The number of hydrogen-bond acceptors (Lipinski definition) is 4. The van der Waals surface area contributed by atoms with Crippen molar-refractivity contribution >= 4 is 44.6 Å². The number of pyridine rings is 1. The van der Waals surface area contributed by atoms with Gasteiger partial charge in [-0.1, -0.05) is 18.2 Å². The van der Waals surface area contributed by atoms with Crippen molar-refractivity contribution in [1.29, 1.82) is 0 Å². The monoisotopic (exact) mass is 406 g/mol. The molecule has 2 aromatic carbocycles. The average molecular weight is 406 g/mol. The second-order valence-electron chi connectivity index (χ2n) is 6.78. The number of carbonyl (C=O) groups is 1. The van der Waals surface area contributed by atoms with Crippen molar-refractivity contribution in [1.82, 2.24) is 4.98 Å². The number of carbonyl (C=O) groups excluding carboxylic acids is 1. The Hall–Kier alpha value is -3.45. The first-order chi connectivity index (χ1) is 13.9. The molecule has 0 unspecified atom stereocenters. The van der Waals surface area contributed by atoms with Crippen LogP contribution in [0.15, 0.2) is 54.7 Å². The van der Waals surface area contributed by atoms with E-state index in [1.54, 1.807) is 41.8 Å². The van der Waals surface area contributed by atoms with Crippen LogP contribution in [-0.4, -0.2) is 11.0 Å². The van der Waals surface area contributed by atoms with Crippen LogP contribution < -0.4 is 16.4 Å². The van der Waals surface area contributed by atoms with Crippen molar-refractivity contribution in [2.75, 3.05) is 10.6 Å². The van der Waals surface area contributed by atoms with Crippen LogP contribution in [0, 0.1) is 19.7 Å². The minimum atomic E-state index is -0.757. The van der Waals surface area contributed by atoms with Gasteiger partial charge in [0.25, 0.3) is 0 Å². The summed E-state index contributed by atoms with van der Waals surface area (Å²) in [6.07, 6.45) is 1.70. The van der Waals surface area contributed by atoms with Gasteiger partial charge in [0.15, 0.2) is 0 Å². The molecule has 146 valence electrons. The number of rotatable bonds is 3. The smallest absolute Gasteiger partial charge is 0.323 e. The second kappa shape index (κ2) is 7.18. The van der Waals surface area contributed by atoms with Crippen LogP contribution >= 0.6 is 11.3 Å². The Morgan fingerprint density at radius 1 is 1.10 bits per heavy atom. The van der Waals surface area contributed by atoms with E-state index in [0.29, 0.717) is 11.5 Å². The molecule has 2 aromatic heterocycles. The van der Waals surface area contributed by atoms with Gasteiger partial charge >= 0.3 is 6.03 Å². The molecule has 0 atom stereocenters. The molecule has 4 rings (SSSR count). The van der Waals surface area contributed by atoms with Crippen molar-refractivity contribution < 1.29 is 9.18 Å². The fourth-order valence-electron chi connectivity index (χ4n) is 3.49. The van der Waals surface area contributed by atoms with Gasteiger partial charge in [0.1, 0.15) is 11.6 Å². The molecule has 29 heavy (non-hydrogen) atoms. The number of thiophene rings is 1. The van der Waals surface area contributed by atoms with E-state index in [9.17, 15) is 9.18 Å². The van der Waals surface area contributed by atoms with Crippen molar-refractivity contribution in [2.24, 2.45) is 5.73 Å². The third-order valence-corrected chi connectivity index (χ3v) is 5.85. The second-order valence-corrected chi connectivity index (χ2v) is 8.03. The number of anilines is 3. The fourth-order valence-corrected chi connectivity index (χ4v) is 4.58. The zero-order chi connectivity index (χ0) is 20.7. The van der Waals surface area contributed by atoms with E-state index in [4.69, 9.17) is 11.5 Å². The van der Waals surface area contributed by atoms with Gasteiger partial charge in [-0.15, -0.1) is 11.3 Å². The quantitative estimate of drug-likeness (QED) is 0.470. The van der Waals surface area contributed by atoms with E-state index in [2.05, 4.69) is 4.98 Å². The zero-order valence-electron chi connectivity index (χ0n) is 15.9. The summed E-state index contributed by atoms with van der Waals surface area (Å²) in [7, 11) is 0. The van der Waals surface area contributed by atoms with E-state index < -0.39 is 11.8 Å². The number of amides is 2. The Bertz CT molecular complexity index is 1230. The van der Waals surface area contributed by atoms with E-state index in [0.717, 1.165) is 31.7 Å². The average Bonchev–Trinajstić information content (AvgIpc) is 3.02. The van der Waals surface area contributed by atoms with Gasteiger partial charge < -0.3 is 11.5 Å². The molecule has 0 saturated carbocycles. The molecule has 0 spiro atoms. The molecular formula is C22H19FN4OS. The molecule has 0 saturated heterocycles. The third-order valence-electron chi connectivity index (χ3n) is 4.78. The number of nitrogens with two attached hydrogens (primary N) is 2. The Morgan fingerprint density at radius 2 is 1.83 bits per heavy atom. The SMILES string of the molecule is Cc1ccc(F)c(N(C(N)=O)c2ccc(-c3c(C)sc4ccnc(N)c34)cc2)c1. The molecule has 2 amide bonds. The molecule has 0 aliphatic rings. The molecule has 7 heteroatoms. The van der Waals surface area contributed by atoms with Crippen LogP contribution in [0.5, 0.6) is 0 Å². The summed E-state index contributed by atoms with van der Waals surface area (Å²) in [4.78, 5) is 18.6. The summed E-state index contributed by atoms with van der Waals surface area (Å²) < 4.78 is 15.4. The summed E-state index contributed by atoms with van der Waals surface area (Å²) in [5.41, 5.74) is 15.1. The summed E-state index contributed by atoms with van der Waals surface area (Å²) in [6.45, 7) is 3.86. The summed E-state index contributed by atoms with van der Waals surface area (Å²) in [5, 5.41) is 0.916. The number of nitrogen functional groups attached to an aromatic ring is 1. The number of benzene rings is 2. The van der Waals surface area contributed by atoms with Crippen LogP contribution in [0.1, 0.15) is 10.4 Å². The zero-order valence-corrected chi connectivity index (χ0v) is 16.8. The normalized spacial score (nSPS) is 11.0. The van der Waals surface area contributed by atoms with Crippen molar-refractivity contribution in [3.05, 3.63) is 71.0 Å². The van der Waals surface area contributed by atoms with Crippen LogP contribution in [0.3, 0.4) is 0 Å². The number of aromatic nitrogens is 1. The Labute approximate surface area is 171 Å². The predicted molar refractivity (Wildman–Crippen MR) is 117 cm³/mol. The van der Waals surface area contributed by atoms with E-state index in [1.807, 2.05) is 32.0 Å². The largest absolute Gasteiger partial charge is 0.383 e. The highest BCUT2D eigenvalue weighted by molar-refractivity contribution is 7.19. The van der Waals surface area contributed by atoms with Gasteiger partial charge in [-0.2, -0.15) is 0 Å². The number of nitrogens with zero attached hydrogens (tertiary/aromatic N) is 2. The van der Waals surface area contributed by atoms with Crippen molar-refractivity contribution in [3.63, 3.8) is 0 Å². The van der Waals surface area contributed by atoms with Crippen LogP contribution in [-0.2, 0) is 0 Å². The van der Waals surface area contributed by atoms with Gasteiger partial charge in [-0.05, 0) is 55.3 Å². The van der Waals surface area contributed by atoms with Crippen molar-refractivity contribution in [3.8, 4) is 11.1 Å². The molecular weight excluding hydrogens is 387 g/mol. The lowest BCUT2D eigenvalue weighted by molar-refractivity contribution is 0.256. The highest BCUT2D eigenvalue weighted by Gasteiger charge is 2.20. The summed E-state index contributed by atoms with van der Waals surface area (Å²) in [6, 6.07) is 13.0. The highest BCUT2D eigenvalue weighted by atomic mass is 32.1. The fraction of sp³-hybridized carbons (Fsp3) is 0.0909. The summed E-state index contributed by atoms with van der Waals surface area (Å²) >= 11 is 1.65. The van der Waals surface area contributed by atoms with Gasteiger partial charge in [-0.3, -0.25) is 4.90 Å². The minimum Gasteiger partial charge on any atom is -0.383 e. The topological polar surface area (TPSA) is 85.2 Å². The van der Waals surface area contributed by atoms with Gasteiger partial charge in [0.05, 0.1) is 11.4 Å². The number of halogens is 1. The number of fused-ring (bicyclic) bond motifs is 1. The molecule has 0 aliphatic heterocycles. The maximum Gasteiger partial charge on any atom is 0.323 e. The van der Waals surface area contributed by atoms with Crippen molar-refractivity contribution in [2.45, 2.75) is 13.8 Å². The van der Waals surface area contributed by atoms with E-state index in [-0.39, 0.29) is 5.69 Å². The van der Waals surface area contributed by atoms with E-state index in [1.165, 1.54) is 11.0 Å². The Balaban J connectivity index is 1.81. The van der Waals surface area contributed by atoms with E-state index >= 15 is 0 Å². The van der Waals surface area contributed by atoms with Gasteiger partial charge in [-0.25, -0.2) is 14.2 Å². The molecule has 4 aromatic rings. The lowest BCUT2D eigenvalue weighted by Crippen LogP contribution is -2.32. The standard InChI is InChI=1S/C22H19FN4OS/c1-12-3-8-16(23)17(11-12)27(22(25)28)15-6-4-14(5-7-15)19-13(2)29-18-9-10-26-21(24)20(18)19/h3-11H,1-2H3,(H2,24,26)(H2,25,28). The third kappa shape index (κ3) is 3.30. The number of aryl methyl sites for hydroxylation is 2. The highest BCUT2D eigenvalue weighted by Crippen LogP contribution is 2.41. The predicted octanol–water partition coefficient (Wildman–Crippen LogP) is 5.52. The summed E-state index contributed by atoms with van der Waals surface area (Å²) in [5.74, 6) is -0.0384. The first-order valence-electron chi connectivity index (χ1n) is 8.96. The molecule has 0 aliphatic carbocycles. The molecule has 0 radical (unpaired) electrons. The first-order valence-corrected chi connectivity index (χ1v) is 9.78. The lowest BCUT2D eigenvalue weighted by Gasteiger charge is -2.22. The number of hydrogen-bond donors (Lipinski definition) is 2. The minimum absolute atomic E-state index is 0.121. The first kappa shape index (κ1) is 18.9. The molecule has 0 fully saturated rings. The number of primary amides is 1. The van der Waals surface area contributed by atoms with Crippen LogP contribution in [0.25, 0.3) is 21.2 Å². The molecule has 2 heterocycles. The number of urea groups is 1.